The smallest absolute Gasteiger partial charge is 0.258 e. The van der Waals surface area contributed by atoms with Crippen molar-refractivity contribution in [2.45, 2.75) is 0 Å². The number of benzene rings is 1. The lowest BCUT2D eigenvalue weighted by Crippen LogP contribution is -1.88. The summed E-state index contributed by atoms with van der Waals surface area (Å²) in [5.41, 5.74) is 2.79. The highest BCUT2D eigenvalue weighted by Crippen LogP contribution is 2.27. The van der Waals surface area contributed by atoms with Gasteiger partial charge in [-0.1, -0.05) is 11.2 Å². The van der Waals surface area contributed by atoms with Crippen LogP contribution in [0.5, 0.6) is 0 Å². The molecule has 4 rings (SSSR count). The number of rotatable bonds is 3. The van der Waals surface area contributed by atoms with Gasteiger partial charge in [0.05, 0.1) is 5.56 Å². The van der Waals surface area contributed by atoms with Gasteiger partial charge in [-0.15, -0.1) is 0 Å². The minimum Gasteiger partial charge on any atom is -0.334 e. The second-order valence-corrected chi connectivity index (χ2v) is 5.44. The van der Waals surface area contributed by atoms with Crippen LogP contribution < -0.4 is 0 Å². The van der Waals surface area contributed by atoms with E-state index in [1.54, 1.807) is 36.7 Å². The van der Waals surface area contributed by atoms with Gasteiger partial charge in [0.2, 0.25) is 5.82 Å². The molecule has 1 aromatic carbocycles. The van der Waals surface area contributed by atoms with Crippen LogP contribution >= 0.6 is 0 Å². The van der Waals surface area contributed by atoms with Crippen LogP contribution in [0.15, 0.2) is 65.6 Å². The minimum absolute atomic E-state index is 0.177. The highest BCUT2D eigenvalue weighted by molar-refractivity contribution is 5.69. The molecule has 26 heavy (non-hydrogen) atoms. The van der Waals surface area contributed by atoms with E-state index in [1.807, 2.05) is 12.1 Å². The number of pyridine rings is 2. The molecule has 0 N–H and O–H groups in total. The Balaban J connectivity index is 1.71. The minimum atomic E-state index is -0.419. The molecular formula is C19H10FN5O. The van der Waals surface area contributed by atoms with Crippen LogP contribution in [0.25, 0.3) is 34.1 Å². The van der Waals surface area contributed by atoms with E-state index in [0.717, 1.165) is 5.56 Å². The molecule has 0 saturated carbocycles. The average molecular weight is 343 g/mol. The molecule has 0 amide bonds. The van der Waals surface area contributed by atoms with Crippen molar-refractivity contribution in [3.05, 3.63) is 72.4 Å². The molecule has 6 nitrogen and oxygen atoms in total. The maximum atomic E-state index is 14.1. The van der Waals surface area contributed by atoms with Crippen LogP contribution in [0.4, 0.5) is 4.39 Å². The molecule has 3 aromatic heterocycles. The van der Waals surface area contributed by atoms with Gasteiger partial charge in [0.1, 0.15) is 17.6 Å². The average Bonchev–Trinajstić information content (AvgIpc) is 3.18. The maximum absolute atomic E-state index is 14.1. The second-order valence-electron chi connectivity index (χ2n) is 5.44. The highest BCUT2D eigenvalue weighted by atomic mass is 19.1. The Hall–Kier alpha value is -3.92. The number of halogens is 1. The van der Waals surface area contributed by atoms with Crippen LogP contribution in [0.2, 0.25) is 0 Å². The Morgan fingerprint density at radius 2 is 1.88 bits per heavy atom. The first-order valence-corrected chi connectivity index (χ1v) is 7.64. The monoisotopic (exact) mass is 343 g/mol. The fourth-order valence-corrected chi connectivity index (χ4v) is 2.45. The molecule has 0 aliphatic rings. The van der Waals surface area contributed by atoms with Crippen molar-refractivity contribution in [2.75, 3.05) is 0 Å². The van der Waals surface area contributed by atoms with E-state index in [2.05, 4.69) is 20.1 Å². The quantitative estimate of drug-likeness (QED) is 0.561. The molecule has 0 spiro atoms. The van der Waals surface area contributed by atoms with Gasteiger partial charge in [-0.05, 0) is 42.0 Å². The molecule has 0 saturated heterocycles. The molecule has 0 unspecified atom stereocenters. The normalized spacial score (nSPS) is 10.5. The van der Waals surface area contributed by atoms with Crippen molar-refractivity contribution in [3.63, 3.8) is 0 Å². The summed E-state index contributed by atoms with van der Waals surface area (Å²) in [5, 5.41) is 12.7. The van der Waals surface area contributed by atoms with Crippen molar-refractivity contribution in [1.82, 2.24) is 20.1 Å². The second kappa shape index (κ2) is 6.53. The summed E-state index contributed by atoms with van der Waals surface area (Å²) in [4.78, 5) is 12.4. The first kappa shape index (κ1) is 15.6. The third-order valence-corrected chi connectivity index (χ3v) is 3.69. The summed E-state index contributed by atoms with van der Waals surface area (Å²) in [6.07, 6.45) is 4.73. The van der Waals surface area contributed by atoms with Gasteiger partial charge in [-0.25, -0.2) is 4.39 Å². The van der Waals surface area contributed by atoms with E-state index < -0.39 is 5.82 Å². The SMILES string of the molecule is N#Cc1ccc(-c2noc(-c3cc(F)cc(-c4cccnc4)c3)n2)nc1. The van der Waals surface area contributed by atoms with E-state index in [4.69, 9.17) is 9.78 Å². The highest BCUT2D eigenvalue weighted by Gasteiger charge is 2.14. The van der Waals surface area contributed by atoms with Gasteiger partial charge in [0.25, 0.3) is 5.89 Å². The Kier molecular flexibility index (Phi) is 3.92. The summed E-state index contributed by atoms with van der Waals surface area (Å²) < 4.78 is 19.3. The van der Waals surface area contributed by atoms with E-state index in [9.17, 15) is 4.39 Å². The zero-order valence-electron chi connectivity index (χ0n) is 13.3. The third kappa shape index (κ3) is 3.03. The van der Waals surface area contributed by atoms with Gasteiger partial charge >= 0.3 is 0 Å². The first-order valence-electron chi connectivity index (χ1n) is 7.64. The van der Waals surface area contributed by atoms with Crippen LogP contribution in [-0.2, 0) is 0 Å². The summed E-state index contributed by atoms with van der Waals surface area (Å²) in [7, 11) is 0. The zero-order chi connectivity index (χ0) is 17.9. The molecule has 0 atom stereocenters. The summed E-state index contributed by atoms with van der Waals surface area (Å²) in [6, 6.07) is 13.3. The zero-order valence-corrected chi connectivity index (χ0v) is 13.3. The number of nitriles is 1. The number of hydrogen-bond acceptors (Lipinski definition) is 6. The summed E-state index contributed by atoms with van der Waals surface area (Å²) in [6.45, 7) is 0. The Labute approximate surface area is 147 Å². The van der Waals surface area contributed by atoms with Crippen LogP contribution in [0.1, 0.15) is 5.56 Å². The molecule has 4 aromatic rings. The summed E-state index contributed by atoms with van der Waals surface area (Å²) >= 11 is 0. The molecule has 0 fully saturated rings. The van der Waals surface area contributed by atoms with E-state index in [0.29, 0.717) is 22.4 Å². The standard InChI is InChI=1S/C19H10FN5O/c20-16-7-14(13-2-1-5-22-11-13)6-15(8-16)19-24-18(25-26-19)17-4-3-12(9-21)10-23-17/h1-8,10-11H. The molecule has 0 aliphatic heterocycles. The third-order valence-electron chi connectivity index (χ3n) is 3.69. The fraction of sp³-hybridized carbons (Fsp3) is 0. The van der Waals surface area contributed by atoms with Gasteiger partial charge < -0.3 is 4.52 Å². The van der Waals surface area contributed by atoms with E-state index in [-0.39, 0.29) is 11.7 Å². The van der Waals surface area contributed by atoms with E-state index in [1.165, 1.54) is 18.3 Å². The molecule has 7 heteroatoms. The Morgan fingerprint density at radius 1 is 1.00 bits per heavy atom. The predicted molar refractivity (Wildman–Crippen MR) is 90.9 cm³/mol. The van der Waals surface area contributed by atoms with Crippen molar-refractivity contribution < 1.29 is 8.91 Å². The predicted octanol–water partition coefficient (Wildman–Crippen LogP) is 3.87. The Bertz CT molecular complexity index is 1100. The number of aromatic nitrogens is 4. The van der Waals surface area contributed by atoms with Crippen molar-refractivity contribution in [3.8, 4) is 40.2 Å². The van der Waals surface area contributed by atoms with Crippen molar-refractivity contribution >= 4 is 0 Å². The first-order chi connectivity index (χ1) is 12.7. The van der Waals surface area contributed by atoms with Gasteiger partial charge in [-0.2, -0.15) is 10.2 Å². The molecule has 3 heterocycles. The van der Waals surface area contributed by atoms with Gasteiger partial charge in [0, 0.05) is 29.7 Å². The van der Waals surface area contributed by atoms with Gasteiger partial charge in [0.15, 0.2) is 0 Å². The Morgan fingerprint density at radius 3 is 2.62 bits per heavy atom. The molecule has 0 aliphatic carbocycles. The fourth-order valence-electron chi connectivity index (χ4n) is 2.45. The number of nitrogens with zero attached hydrogens (tertiary/aromatic N) is 5. The topological polar surface area (TPSA) is 88.5 Å². The largest absolute Gasteiger partial charge is 0.334 e. The lowest BCUT2D eigenvalue weighted by Gasteiger charge is -2.03. The lowest BCUT2D eigenvalue weighted by atomic mass is 10.0. The molecular weight excluding hydrogens is 333 g/mol. The van der Waals surface area contributed by atoms with Crippen LogP contribution in [0.3, 0.4) is 0 Å². The van der Waals surface area contributed by atoms with E-state index >= 15 is 0 Å². The van der Waals surface area contributed by atoms with Crippen molar-refractivity contribution in [2.24, 2.45) is 0 Å². The maximum Gasteiger partial charge on any atom is 0.258 e. The van der Waals surface area contributed by atoms with Crippen molar-refractivity contribution in [1.29, 1.82) is 5.26 Å². The summed E-state index contributed by atoms with van der Waals surface area (Å²) in [5.74, 6) is 0.0186. The molecule has 0 bridgehead atoms. The number of hydrogen-bond donors (Lipinski definition) is 0. The molecule has 124 valence electrons. The van der Waals surface area contributed by atoms with Gasteiger partial charge in [-0.3, -0.25) is 9.97 Å². The van der Waals surface area contributed by atoms with Crippen LogP contribution in [0, 0.1) is 17.1 Å². The van der Waals surface area contributed by atoms with Crippen LogP contribution in [-0.4, -0.2) is 20.1 Å². The lowest BCUT2D eigenvalue weighted by molar-refractivity contribution is 0.432. The molecule has 0 radical (unpaired) electrons.